The minimum absolute atomic E-state index is 0.0812. The first-order valence-corrected chi connectivity index (χ1v) is 8.32. The molecular weight excluding hydrogens is 360 g/mol. The van der Waals surface area contributed by atoms with Crippen molar-refractivity contribution in [2.45, 2.75) is 18.6 Å². The lowest BCUT2D eigenvalue weighted by Crippen LogP contribution is -2.48. The Balaban J connectivity index is 1.71. The Morgan fingerprint density at radius 3 is 2.39 bits per heavy atom. The monoisotopic (exact) mass is 374 g/mol. The number of imide groups is 1. The molecule has 2 fully saturated rings. The highest BCUT2D eigenvalue weighted by atomic mass is 79.9. The molecule has 3 aliphatic heterocycles. The first kappa shape index (κ1) is 14.8. The normalized spacial score (nSPS) is 32.8. The highest BCUT2D eigenvalue weighted by Crippen LogP contribution is 2.45. The fraction of sp³-hybridized carbons (Fsp3) is 0.353. The lowest BCUT2D eigenvalue weighted by Gasteiger charge is -2.32. The van der Waals surface area contributed by atoms with Crippen LogP contribution in [0, 0.1) is 11.8 Å². The number of carbonyl (C=O) groups is 3. The first-order valence-electron chi connectivity index (χ1n) is 7.52. The van der Waals surface area contributed by atoms with E-state index in [9.17, 15) is 14.4 Å². The Morgan fingerprint density at radius 2 is 1.70 bits per heavy atom. The number of carbonyl (C=O) groups excluding carboxylic acids is 3. The quantitative estimate of drug-likeness (QED) is 0.733. The summed E-state index contributed by atoms with van der Waals surface area (Å²) in [5, 5.41) is 0. The standard InChI is InChI=1S/C17H15BrN2O3/c1-19-16(22)13-11-6-7-12(21)15(14(13)17(19)23)20(11)8-9-2-4-10(18)5-3-9/h2-7,11,13-15H,8H2,1H3/t11-,13-,14-,15-/m1/s1. The van der Waals surface area contributed by atoms with E-state index in [1.54, 1.807) is 6.08 Å². The van der Waals surface area contributed by atoms with Crippen molar-refractivity contribution in [1.29, 1.82) is 0 Å². The number of nitrogens with zero attached hydrogens (tertiary/aromatic N) is 2. The number of benzene rings is 1. The summed E-state index contributed by atoms with van der Waals surface area (Å²) in [6.45, 7) is 0.552. The molecule has 2 amide bonds. The summed E-state index contributed by atoms with van der Waals surface area (Å²) in [5.41, 5.74) is 1.06. The molecule has 0 unspecified atom stereocenters. The van der Waals surface area contributed by atoms with Gasteiger partial charge >= 0.3 is 0 Å². The molecule has 1 aromatic rings. The third-order valence-corrected chi connectivity index (χ3v) is 5.62. The van der Waals surface area contributed by atoms with E-state index in [2.05, 4.69) is 15.9 Å². The molecule has 2 bridgehead atoms. The van der Waals surface area contributed by atoms with Gasteiger partial charge in [0.2, 0.25) is 11.8 Å². The molecule has 0 saturated carbocycles. The second-order valence-electron chi connectivity index (χ2n) is 6.28. The predicted octanol–water partition coefficient (Wildman–Crippen LogP) is 1.37. The van der Waals surface area contributed by atoms with Crippen molar-refractivity contribution in [3.63, 3.8) is 0 Å². The number of likely N-dealkylation sites (tertiary alicyclic amines) is 1. The van der Waals surface area contributed by atoms with E-state index in [0.717, 1.165) is 10.0 Å². The minimum atomic E-state index is -0.546. The molecule has 1 aromatic carbocycles. The van der Waals surface area contributed by atoms with E-state index >= 15 is 0 Å². The number of hydrogen-bond acceptors (Lipinski definition) is 4. The maximum atomic E-state index is 12.4. The van der Waals surface area contributed by atoms with Gasteiger partial charge in [0.25, 0.3) is 0 Å². The van der Waals surface area contributed by atoms with E-state index in [1.807, 2.05) is 29.2 Å². The minimum Gasteiger partial charge on any atom is -0.293 e. The van der Waals surface area contributed by atoms with Crippen LogP contribution in [0.15, 0.2) is 40.9 Å². The zero-order valence-electron chi connectivity index (χ0n) is 12.5. The van der Waals surface area contributed by atoms with E-state index in [4.69, 9.17) is 0 Å². The third-order valence-electron chi connectivity index (χ3n) is 5.09. The van der Waals surface area contributed by atoms with Gasteiger partial charge in [0.1, 0.15) is 0 Å². The van der Waals surface area contributed by atoms with Gasteiger partial charge in [0.05, 0.1) is 17.9 Å². The summed E-state index contributed by atoms with van der Waals surface area (Å²) in [6, 6.07) is 7.15. The number of halogens is 1. The van der Waals surface area contributed by atoms with Gasteiger partial charge in [-0.1, -0.05) is 34.1 Å². The zero-order chi connectivity index (χ0) is 16.3. The number of amides is 2. The molecule has 4 rings (SSSR count). The van der Waals surface area contributed by atoms with Crippen LogP contribution in [0.3, 0.4) is 0 Å². The van der Waals surface area contributed by atoms with Crippen LogP contribution in [0.5, 0.6) is 0 Å². The average molecular weight is 375 g/mol. The molecule has 6 heteroatoms. The first-order chi connectivity index (χ1) is 11.0. The second kappa shape index (κ2) is 5.11. The molecule has 5 nitrogen and oxygen atoms in total. The van der Waals surface area contributed by atoms with Crippen LogP contribution < -0.4 is 0 Å². The van der Waals surface area contributed by atoms with E-state index in [1.165, 1.54) is 18.0 Å². The maximum absolute atomic E-state index is 12.4. The summed E-state index contributed by atoms with van der Waals surface area (Å²) in [6.07, 6.45) is 3.32. The molecule has 0 aromatic heterocycles. The van der Waals surface area contributed by atoms with Crippen LogP contribution in [-0.2, 0) is 20.9 Å². The van der Waals surface area contributed by atoms with Crippen LogP contribution in [0.1, 0.15) is 5.56 Å². The van der Waals surface area contributed by atoms with Gasteiger partial charge in [-0.15, -0.1) is 0 Å². The van der Waals surface area contributed by atoms with Crippen LogP contribution in [-0.4, -0.2) is 46.5 Å². The van der Waals surface area contributed by atoms with Gasteiger partial charge < -0.3 is 0 Å². The van der Waals surface area contributed by atoms with Crippen LogP contribution in [0.4, 0.5) is 0 Å². The molecule has 0 aliphatic carbocycles. The van der Waals surface area contributed by atoms with Crippen molar-refractivity contribution in [2.24, 2.45) is 11.8 Å². The molecule has 118 valence electrons. The van der Waals surface area contributed by atoms with Crippen molar-refractivity contribution in [3.05, 3.63) is 46.5 Å². The van der Waals surface area contributed by atoms with Crippen LogP contribution in [0.25, 0.3) is 0 Å². The molecule has 3 aliphatic rings. The number of rotatable bonds is 2. The smallest absolute Gasteiger partial charge is 0.234 e. The molecule has 0 spiro atoms. The Bertz CT molecular complexity index is 743. The molecule has 2 saturated heterocycles. The Labute approximate surface area is 142 Å². The van der Waals surface area contributed by atoms with E-state index < -0.39 is 17.9 Å². The van der Waals surface area contributed by atoms with Crippen molar-refractivity contribution in [2.75, 3.05) is 7.05 Å². The van der Waals surface area contributed by atoms with Crippen molar-refractivity contribution in [3.8, 4) is 0 Å². The molecule has 0 radical (unpaired) electrons. The highest BCUT2D eigenvalue weighted by molar-refractivity contribution is 9.10. The van der Waals surface area contributed by atoms with Gasteiger partial charge in [-0.25, -0.2) is 0 Å². The maximum Gasteiger partial charge on any atom is 0.234 e. The molecule has 3 heterocycles. The third kappa shape index (κ3) is 2.05. The topological polar surface area (TPSA) is 57.7 Å². The van der Waals surface area contributed by atoms with Crippen LogP contribution >= 0.6 is 15.9 Å². The van der Waals surface area contributed by atoms with Crippen molar-refractivity contribution < 1.29 is 14.4 Å². The summed E-state index contributed by atoms with van der Waals surface area (Å²) in [5.74, 6) is -1.47. The lowest BCUT2D eigenvalue weighted by atomic mass is 9.90. The van der Waals surface area contributed by atoms with Gasteiger partial charge in [-0.3, -0.25) is 24.2 Å². The predicted molar refractivity (Wildman–Crippen MR) is 86.2 cm³/mol. The summed E-state index contributed by atoms with van der Waals surface area (Å²) < 4.78 is 0.989. The van der Waals surface area contributed by atoms with E-state index in [-0.39, 0.29) is 23.6 Å². The van der Waals surface area contributed by atoms with Gasteiger partial charge in [-0.05, 0) is 23.8 Å². The van der Waals surface area contributed by atoms with Crippen molar-refractivity contribution in [1.82, 2.24) is 9.80 Å². The SMILES string of the molecule is CN1C(=O)[C@@H]2[C@H](C1=O)[C@H]1C=CC(=O)[C@H]2N1Cc1ccc(Br)cc1. The zero-order valence-corrected chi connectivity index (χ0v) is 14.1. The molecule has 0 N–H and O–H groups in total. The number of hydrogen-bond donors (Lipinski definition) is 0. The highest BCUT2D eigenvalue weighted by Gasteiger charge is 2.63. The van der Waals surface area contributed by atoms with E-state index in [0.29, 0.717) is 6.54 Å². The fourth-order valence-corrected chi connectivity index (χ4v) is 4.28. The van der Waals surface area contributed by atoms with Crippen molar-refractivity contribution >= 4 is 33.5 Å². The Kier molecular flexibility index (Phi) is 3.28. The largest absolute Gasteiger partial charge is 0.293 e. The molecule has 4 atom stereocenters. The lowest BCUT2D eigenvalue weighted by molar-refractivity contribution is -0.141. The van der Waals surface area contributed by atoms with Gasteiger partial charge in [-0.2, -0.15) is 0 Å². The number of ketones is 1. The molecular formula is C17H15BrN2O3. The summed E-state index contributed by atoms with van der Waals surface area (Å²) in [4.78, 5) is 40.4. The Hall–Kier alpha value is -1.79. The average Bonchev–Trinajstić information content (AvgIpc) is 2.89. The van der Waals surface area contributed by atoms with Crippen LogP contribution in [0.2, 0.25) is 0 Å². The number of fused-ring (bicyclic) bond motifs is 5. The van der Waals surface area contributed by atoms with Gasteiger partial charge in [0.15, 0.2) is 5.78 Å². The summed E-state index contributed by atoms with van der Waals surface area (Å²) >= 11 is 3.40. The second-order valence-corrected chi connectivity index (χ2v) is 7.20. The van der Waals surface area contributed by atoms with Gasteiger partial charge in [0, 0.05) is 24.1 Å². The summed E-state index contributed by atoms with van der Waals surface area (Å²) in [7, 11) is 1.51. The fourth-order valence-electron chi connectivity index (χ4n) is 4.02. The molecule has 23 heavy (non-hydrogen) atoms. The Morgan fingerprint density at radius 1 is 1.04 bits per heavy atom.